The molecule has 8 heteroatoms. The Balaban J connectivity index is 1.19. The second-order valence-corrected chi connectivity index (χ2v) is 9.47. The Morgan fingerprint density at radius 1 is 1.04 bits per heavy atom. The van der Waals surface area contributed by atoms with Gasteiger partial charge in [0.25, 0.3) is 11.7 Å². The molecule has 2 aromatic heterocycles. The quantitative estimate of drug-likeness (QED) is 0.639. The lowest BCUT2D eigenvalue weighted by molar-refractivity contribution is -1.02. The molecule has 2 fully saturated rings. The molecule has 1 amide bonds. The number of anilines is 1. The van der Waals surface area contributed by atoms with E-state index in [9.17, 15) is 4.79 Å². The van der Waals surface area contributed by atoms with Crippen molar-refractivity contribution >= 4 is 34.7 Å². The van der Waals surface area contributed by atoms with Gasteiger partial charge in [-0.05, 0) is 18.2 Å². The summed E-state index contributed by atoms with van der Waals surface area (Å²) in [5.41, 5.74) is 0. The molecule has 0 spiro atoms. The van der Waals surface area contributed by atoms with Crippen molar-refractivity contribution in [2.45, 2.75) is 6.54 Å². The lowest BCUT2D eigenvalue weighted by Gasteiger charge is -2.33. The Bertz CT molecular complexity index is 770. The third-order valence-electron chi connectivity index (χ3n) is 5.78. The van der Waals surface area contributed by atoms with E-state index in [2.05, 4.69) is 22.0 Å². The fourth-order valence-corrected chi connectivity index (χ4v) is 5.27. The smallest absolute Gasteiger partial charge is 0.278 e. The number of halogens is 1. The first-order valence-electron chi connectivity index (χ1n) is 10.1. The van der Waals surface area contributed by atoms with Gasteiger partial charge in [-0.25, -0.2) is 4.98 Å². The van der Waals surface area contributed by atoms with Gasteiger partial charge in [0.15, 0.2) is 6.54 Å². The number of nitrogens with zero attached hydrogens (tertiary/aromatic N) is 2. The minimum atomic E-state index is 0.306. The molecule has 0 radical (unpaired) electrons. The average molecular weight is 423 g/mol. The van der Waals surface area contributed by atoms with E-state index in [1.165, 1.54) is 9.78 Å². The maximum atomic E-state index is 12.7. The number of piperazine rings is 2. The lowest BCUT2D eigenvalue weighted by Crippen LogP contribution is -3.28. The number of hydrogen-bond acceptors (Lipinski definition) is 3. The highest BCUT2D eigenvalue weighted by molar-refractivity contribution is 7.16. The van der Waals surface area contributed by atoms with Gasteiger partial charge < -0.3 is 14.7 Å². The summed E-state index contributed by atoms with van der Waals surface area (Å²) < 4.78 is 0.870. The maximum Gasteiger partial charge on any atom is 0.278 e. The zero-order chi connectivity index (χ0) is 19.3. The molecule has 150 valence electrons. The summed E-state index contributed by atoms with van der Waals surface area (Å²) in [6, 6.07) is 10.2. The van der Waals surface area contributed by atoms with Gasteiger partial charge >= 0.3 is 0 Å². The monoisotopic (exact) mass is 422 g/mol. The van der Waals surface area contributed by atoms with Crippen LogP contribution in [0, 0.1) is 0 Å². The fourth-order valence-electron chi connectivity index (χ4n) is 4.11. The van der Waals surface area contributed by atoms with Crippen LogP contribution in [0.2, 0.25) is 4.34 Å². The number of thiophene rings is 1. The van der Waals surface area contributed by atoms with Crippen molar-refractivity contribution in [2.75, 3.05) is 63.8 Å². The first-order valence-corrected chi connectivity index (χ1v) is 11.3. The molecule has 0 unspecified atom stereocenters. The molecule has 0 atom stereocenters. The van der Waals surface area contributed by atoms with E-state index in [1.807, 2.05) is 29.3 Å². The summed E-state index contributed by atoms with van der Waals surface area (Å²) in [6.45, 7) is 9.47. The molecular formula is C20H29ClN5OS+3. The van der Waals surface area contributed by atoms with Crippen molar-refractivity contribution < 1.29 is 19.6 Å². The Hall–Kier alpha value is -1.67. The molecule has 0 saturated carbocycles. The van der Waals surface area contributed by atoms with Crippen molar-refractivity contribution in [3.05, 3.63) is 45.7 Å². The van der Waals surface area contributed by atoms with Crippen molar-refractivity contribution in [1.29, 1.82) is 0 Å². The highest BCUT2D eigenvalue weighted by Gasteiger charge is 2.30. The molecule has 28 heavy (non-hydrogen) atoms. The molecule has 6 nitrogen and oxygen atoms in total. The molecule has 2 aromatic rings. The predicted octanol–water partition coefficient (Wildman–Crippen LogP) is -1.15. The fraction of sp³-hybridized carbons (Fsp3) is 0.500. The van der Waals surface area contributed by atoms with Gasteiger partial charge in [-0.15, -0.1) is 11.3 Å². The Morgan fingerprint density at radius 3 is 2.43 bits per heavy atom. The highest BCUT2D eigenvalue weighted by atomic mass is 35.5. The van der Waals surface area contributed by atoms with Crippen LogP contribution in [-0.2, 0) is 11.3 Å². The standard InChI is InChI=1S/C20H26ClN5OS/c21-18-5-4-17(28-18)15-23-7-9-24(10-8-23)16-20(27)26-13-11-25(12-14-26)19-3-1-2-6-22-19/h1-6H,7-16H2/p+3. The molecule has 4 heterocycles. The summed E-state index contributed by atoms with van der Waals surface area (Å²) in [4.78, 5) is 24.8. The summed E-state index contributed by atoms with van der Waals surface area (Å²) >= 11 is 7.72. The van der Waals surface area contributed by atoms with Crippen LogP contribution in [0.5, 0.6) is 0 Å². The zero-order valence-corrected chi connectivity index (χ0v) is 17.7. The number of carbonyl (C=O) groups excluding carboxylic acids is 1. The van der Waals surface area contributed by atoms with Gasteiger partial charge in [-0.1, -0.05) is 17.7 Å². The van der Waals surface area contributed by atoms with Gasteiger partial charge in [0.05, 0.1) is 28.5 Å². The van der Waals surface area contributed by atoms with Crippen LogP contribution in [0.1, 0.15) is 4.88 Å². The molecule has 3 N–H and O–H groups in total. The number of nitrogens with one attached hydrogen (secondary N) is 3. The second kappa shape index (κ2) is 9.22. The normalized spacial score (nSPS) is 23.0. The lowest BCUT2D eigenvalue weighted by atomic mass is 10.2. The first kappa shape index (κ1) is 19.6. The van der Waals surface area contributed by atoms with Crippen LogP contribution in [0.15, 0.2) is 36.5 Å². The van der Waals surface area contributed by atoms with Crippen LogP contribution >= 0.6 is 22.9 Å². The van der Waals surface area contributed by atoms with Crippen LogP contribution < -0.4 is 19.7 Å². The van der Waals surface area contributed by atoms with E-state index >= 15 is 0 Å². The molecule has 0 aliphatic carbocycles. The van der Waals surface area contributed by atoms with Gasteiger partial charge in [0.2, 0.25) is 0 Å². The van der Waals surface area contributed by atoms with E-state index in [4.69, 9.17) is 11.6 Å². The minimum absolute atomic E-state index is 0.306. The van der Waals surface area contributed by atoms with Crippen molar-refractivity contribution in [3.63, 3.8) is 0 Å². The topological polar surface area (TPSA) is 46.6 Å². The number of pyridine rings is 1. The average Bonchev–Trinajstić information content (AvgIpc) is 3.15. The first-order chi connectivity index (χ1) is 13.7. The maximum absolute atomic E-state index is 12.7. The van der Waals surface area contributed by atoms with E-state index in [-0.39, 0.29) is 0 Å². The van der Waals surface area contributed by atoms with Crippen LogP contribution in [0.4, 0.5) is 5.82 Å². The highest BCUT2D eigenvalue weighted by Crippen LogP contribution is 2.20. The van der Waals surface area contributed by atoms with Crippen LogP contribution in [0.25, 0.3) is 0 Å². The van der Waals surface area contributed by atoms with E-state index in [1.54, 1.807) is 16.2 Å². The molecular weight excluding hydrogens is 394 g/mol. The van der Waals surface area contributed by atoms with E-state index in [0.29, 0.717) is 12.5 Å². The Morgan fingerprint density at radius 2 is 1.79 bits per heavy atom. The number of aromatic nitrogens is 1. The molecule has 2 saturated heterocycles. The van der Waals surface area contributed by atoms with Gasteiger partial charge in [0, 0.05) is 6.07 Å². The second-order valence-electron chi connectivity index (χ2n) is 7.68. The number of carbonyl (C=O) groups is 1. The number of H-pyrrole nitrogens is 1. The van der Waals surface area contributed by atoms with E-state index < -0.39 is 0 Å². The number of quaternary nitrogens is 2. The zero-order valence-electron chi connectivity index (χ0n) is 16.1. The largest absolute Gasteiger partial charge is 0.330 e. The third kappa shape index (κ3) is 5.03. The minimum Gasteiger partial charge on any atom is -0.330 e. The van der Waals surface area contributed by atoms with E-state index in [0.717, 1.165) is 69.1 Å². The SMILES string of the molecule is O=C(C[NH+]1CC[NH+](Cc2ccc(Cl)s2)CC1)N1CCN(c2cccc[nH+]2)CC1. The predicted molar refractivity (Wildman–Crippen MR) is 111 cm³/mol. The molecule has 0 aromatic carbocycles. The van der Waals surface area contributed by atoms with Crippen molar-refractivity contribution in [1.82, 2.24) is 4.90 Å². The molecule has 2 aliphatic heterocycles. The summed E-state index contributed by atoms with van der Waals surface area (Å²) in [7, 11) is 0. The Kier molecular flexibility index (Phi) is 6.47. The summed E-state index contributed by atoms with van der Waals surface area (Å²) in [5.74, 6) is 1.44. The molecule has 4 rings (SSSR count). The van der Waals surface area contributed by atoms with Gasteiger partial charge in [0.1, 0.15) is 45.8 Å². The van der Waals surface area contributed by atoms with Gasteiger partial charge in [-0.2, -0.15) is 0 Å². The Labute approximate surface area is 175 Å². The number of amides is 1. The summed E-state index contributed by atoms with van der Waals surface area (Å²) in [5, 5.41) is 0. The summed E-state index contributed by atoms with van der Waals surface area (Å²) in [6.07, 6.45) is 1.95. The van der Waals surface area contributed by atoms with Crippen LogP contribution in [0.3, 0.4) is 0 Å². The molecule has 0 bridgehead atoms. The number of rotatable bonds is 5. The molecule has 2 aliphatic rings. The number of aromatic amines is 1. The van der Waals surface area contributed by atoms with Crippen LogP contribution in [-0.4, -0.2) is 69.7 Å². The third-order valence-corrected chi connectivity index (χ3v) is 7.02. The van der Waals surface area contributed by atoms with Gasteiger partial charge in [-0.3, -0.25) is 9.69 Å². The van der Waals surface area contributed by atoms with Crippen molar-refractivity contribution in [2.24, 2.45) is 0 Å². The van der Waals surface area contributed by atoms with Crippen molar-refractivity contribution in [3.8, 4) is 0 Å². The number of hydrogen-bond donors (Lipinski definition) is 2.